The molecule has 7 nitrogen and oxygen atoms in total. The number of aromatic nitrogens is 3. The molecule has 0 radical (unpaired) electrons. The van der Waals surface area contributed by atoms with Crippen LogP contribution in [0.5, 0.6) is 11.5 Å². The second-order valence-electron chi connectivity index (χ2n) is 8.19. The van der Waals surface area contributed by atoms with E-state index in [-0.39, 0.29) is 11.7 Å². The first-order valence-corrected chi connectivity index (χ1v) is 12.4. The molecule has 0 aliphatic heterocycles. The average molecular weight is 485 g/mol. The first-order chi connectivity index (χ1) is 16.6. The molecule has 9 heteroatoms. The summed E-state index contributed by atoms with van der Waals surface area (Å²) in [4.78, 5) is 12.3. The van der Waals surface area contributed by atoms with Gasteiger partial charge in [0.2, 0.25) is 5.91 Å². The summed E-state index contributed by atoms with van der Waals surface area (Å²) in [6, 6.07) is 11.8. The van der Waals surface area contributed by atoms with Crippen LogP contribution >= 0.6 is 11.8 Å². The highest BCUT2D eigenvalue weighted by atomic mass is 32.2. The lowest BCUT2D eigenvalue weighted by Crippen LogP contribution is -2.16. The Morgan fingerprint density at radius 3 is 2.50 bits per heavy atom. The van der Waals surface area contributed by atoms with E-state index in [1.807, 2.05) is 18.2 Å². The van der Waals surface area contributed by atoms with Crippen LogP contribution in [0.3, 0.4) is 0 Å². The van der Waals surface area contributed by atoms with E-state index in [1.54, 1.807) is 26.4 Å². The molecule has 1 amide bonds. The summed E-state index contributed by atoms with van der Waals surface area (Å²) < 4.78 is 26.2. The van der Waals surface area contributed by atoms with E-state index in [0.717, 1.165) is 29.4 Å². The lowest BCUT2D eigenvalue weighted by atomic mass is 9.95. The first-order valence-electron chi connectivity index (χ1n) is 11.4. The SMILES string of the molecule is COc1ccc(-c2nnc(SCCC(=O)Nc3ccc(F)cc3)n2C2CCCCC2)cc1OC. The first kappa shape index (κ1) is 24.1. The molecule has 2 aromatic carbocycles. The summed E-state index contributed by atoms with van der Waals surface area (Å²) in [6.07, 6.45) is 6.08. The third kappa shape index (κ3) is 5.70. The van der Waals surface area contributed by atoms with Crippen LogP contribution in [0.4, 0.5) is 10.1 Å². The molecule has 180 valence electrons. The molecule has 1 saturated carbocycles. The monoisotopic (exact) mass is 484 g/mol. The van der Waals surface area contributed by atoms with E-state index in [4.69, 9.17) is 9.47 Å². The van der Waals surface area contributed by atoms with Gasteiger partial charge < -0.3 is 14.8 Å². The smallest absolute Gasteiger partial charge is 0.225 e. The number of methoxy groups -OCH3 is 2. The van der Waals surface area contributed by atoms with Gasteiger partial charge in [-0.2, -0.15) is 0 Å². The minimum Gasteiger partial charge on any atom is -0.493 e. The zero-order valence-corrected chi connectivity index (χ0v) is 20.2. The lowest BCUT2D eigenvalue weighted by Gasteiger charge is -2.25. The lowest BCUT2D eigenvalue weighted by molar-refractivity contribution is -0.115. The largest absolute Gasteiger partial charge is 0.493 e. The molecule has 1 aliphatic carbocycles. The summed E-state index contributed by atoms with van der Waals surface area (Å²) in [7, 11) is 3.23. The van der Waals surface area contributed by atoms with E-state index >= 15 is 0 Å². The van der Waals surface area contributed by atoms with Crippen LogP contribution in [0.2, 0.25) is 0 Å². The molecular weight excluding hydrogens is 455 g/mol. The van der Waals surface area contributed by atoms with Crippen molar-refractivity contribution in [3.8, 4) is 22.9 Å². The molecule has 1 N–H and O–H groups in total. The van der Waals surface area contributed by atoms with E-state index in [0.29, 0.717) is 35.4 Å². The number of anilines is 1. The molecule has 3 aromatic rings. The summed E-state index contributed by atoms with van der Waals surface area (Å²) in [5.41, 5.74) is 1.49. The number of hydrogen-bond donors (Lipinski definition) is 1. The zero-order chi connectivity index (χ0) is 23.9. The third-order valence-corrected chi connectivity index (χ3v) is 6.88. The fourth-order valence-electron chi connectivity index (χ4n) is 4.21. The fraction of sp³-hybridized carbons (Fsp3) is 0.400. The van der Waals surface area contributed by atoms with Gasteiger partial charge in [0.15, 0.2) is 22.5 Å². The molecule has 1 fully saturated rings. The van der Waals surface area contributed by atoms with E-state index < -0.39 is 0 Å². The molecule has 0 unspecified atom stereocenters. The zero-order valence-electron chi connectivity index (χ0n) is 19.4. The molecule has 0 spiro atoms. The Labute approximate surface area is 203 Å². The van der Waals surface area contributed by atoms with Crippen LogP contribution in [0.15, 0.2) is 47.6 Å². The Hall–Kier alpha value is -3.07. The molecule has 1 aromatic heterocycles. The van der Waals surface area contributed by atoms with Crippen LogP contribution in [0.1, 0.15) is 44.6 Å². The standard InChI is InChI=1S/C25H29FN4O3S/c1-32-21-13-8-17(16-22(21)33-2)24-28-29-25(30(24)20-6-4-3-5-7-20)34-15-14-23(31)27-19-11-9-18(26)10-12-19/h8-13,16,20H,3-7,14-15H2,1-2H3,(H,27,31). The van der Waals surface area contributed by atoms with Crippen molar-refractivity contribution in [1.29, 1.82) is 0 Å². The van der Waals surface area contributed by atoms with Gasteiger partial charge in [-0.1, -0.05) is 31.0 Å². The highest BCUT2D eigenvalue weighted by molar-refractivity contribution is 7.99. The number of hydrogen-bond acceptors (Lipinski definition) is 6. The minimum atomic E-state index is -0.333. The summed E-state index contributed by atoms with van der Waals surface area (Å²) in [5.74, 6) is 2.21. The number of rotatable bonds is 9. The number of thioether (sulfide) groups is 1. The minimum absolute atomic E-state index is 0.122. The van der Waals surface area contributed by atoms with Gasteiger partial charge in [-0.05, 0) is 55.3 Å². The highest BCUT2D eigenvalue weighted by Gasteiger charge is 2.24. The molecule has 4 rings (SSSR count). The van der Waals surface area contributed by atoms with Gasteiger partial charge in [-0.25, -0.2) is 4.39 Å². The van der Waals surface area contributed by atoms with Crippen LogP contribution in [0.25, 0.3) is 11.4 Å². The number of halogens is 1. The van der Waals surface area contributed by atoms with Crippen molar-refractivity contribution in [3.05, 3.63) is 48.3 Å². The van der Waals surface area contributed by atoms with Gasteiger partial charge in [-0.3, -0.25) is 9.36 Å². The Kier molecular flexibility index (Phi) is 8.05. The molecular formula is C25H29FN4O3S. The molecule has 34 heavy (non-hydrogen) atoms. The maximum Gasteiger partial charge on any atom is 0.225 e. The van der Waals surface area contributed by atoms with Crippen molar-refractivity contribution in [2.75, 3.05) is 25.3 Å². The van der Waals surface area contributed by atoms with Crippen molar-refractivity contribution in [3.63, 3.8) is 0 Å². The summed E-state index contributed by atoms with van der Waals surface area (Å²) in [6.45, 7) is 0. The quantitative estimate of drug-likeness (QED) is 0.391. The number of benzene rings is 2. The van der Waals surface area contributed by atoms with Gasteiger partial charge in [0.1, 0.15) is 5.82 Å². The van der Waals surface area contributed by atoms with E-state index in [2.05, 4.69) is 20.1 Å². The van der Waals surface area contributed by atoms with Crippen molar-refractivity contribution in [2.45, 2.75) is 49.7 Å². The summed E-state index contributed by atoms with van der Waals surface area (Å²) >= 11 is 1.53. The van der Waals surface area contributed by atoms with Crippen molar-refractivity contribution >= 4 is 23.4 Å². The average Bonchev–Trinajstić information content (AvgIpc) is 3.29. The Balaban J connectivity index is 1.50. The van der Waals surface area contributed by atoms with Gasteiger partial charge in [0.05, 0.1) is 14.2 Å². The predicted molar refractivity (Wildman–Crippen MR) is 131 cm³/mol. The highest BCUT2D eigenvalue weighted by Crippen LogP contribution is 2.38. The van der Waals surface area contributed by atoms with Crippen LogP contribution in [0, 0.1) is 5.82 Å². The topological polar surface area (TPSA) is 78.3 Å². The Morgan fingerprint density at radius 1 is 1.06 bits per heavy atom. The van der Waals surface area contributed by atoms with Crippen molar-refractivity contribution in [2.24, 2.45) is 0 Å². The van der Waals surface area contributed by atoms with Gasteiger partial charge in [0, 0.05) is 29.5 Å². The van der Waals surface area contributed by atoms with Crippen LogP contribution in [-0.2, 0) is 4.79 Å². The van der Waals surface area contributed by atoms with Crippen molar-refractivity contribution in [1.82, 2.24) is 14.8 Å². The van der Waals surface area contributed by atoms with Crippen LogP contribution < -0.4 is 14.8 Å². The van der Waals surface area contributed by atoms with Gasteiger partial charge >= 0.3 is 0 Å². The normalized spacial score (nSPS) is 14.1. The molecule has 1 aliphatic rings. The number of ether oxygens (including phenoxy) is 2. The molecule has 0 atom stereocenters. The number of amides is 1. The maximum atomic E-state index is 13.1. The van der Waals surface area contributed by atoms with Crippen molar-refractivity contribution < 1.29 is 18.7 Å². The second kappa shape index (κ2) is 11.4. The number of carbonyl (C=O) groups is 1. The maximum absolute atomic E-state index is 13.1. The molecule has 0 saturated heterocycles. The van der Waals surface area contributed by atoms with E-state index in [1.165, 1.54) is 43.2 Å². The van der Waals surface area contributed by atoms with Gasteiger partial charge in [0.25, 0.3) is 0 Å². The second-order valence-corrected chi connectivity index (χ2v) is 9.25. The third-order valence-electron chi connectivity index (χ3n) is 5.93. The van der Waals surface area contributed by atoms with Crippen LogP contribution in [-0.4, -0.2) is 40.6 Å². The number of carbonyl (C=O) groups excluding carboxylic acids is 1. The Morgan fingerprint density at radius 2 is 1.79 bits per heavy atom. The van der Waals surface area contributed by atoms with Gasteiger partial charge in [-0.15, -0.1) is 10.2 Å². The fourth-order valence-corrected chi connectivity index (χ4v) is 5.15. The van der Waals surface area contributed by atoms with E-state index in [9.17, 15) is 9.18 Å². The number of nitrogens with zero attached hydrogens (tertiary/aromatic N) is 3. The number of nitrogens with one attached hydrogen (secondary N) is 1. The molecule has 0 bridgehead atoms. The predicted octanol–water partition coefficient (Wildman–Crippen LogP) is 5.73. The Bertz CT molecular complexity index is 1110. The summed E-state index contributed by atoms with van der Waals surface area (Å²) in [5, 5.41) is 12.6. The molecule has 1 heterocycles.